The Hall–Kier alpha value is -2.89. The Bertz CT molecular complexity index is 963. The fourth-order valence-corrected chi connectivity index (χ4v) is 4.08. The monoisotopic (exact) mass is 385 g/mol. The van der Waals surface area contributed by atoms with E-state index in [1.165, 1.54) is 17.0 Å². The second-order valence-electron chi connectivity index (χ2n) is 7.08. The number of halogens is 3. The molecule has 1 aliphatic carbocycles. The van der Waals surface area contributed by atoms with Gasteiger partial charge in [-0.05, 0) is 36.6 Å². The van der Waals surface area contributed by atoms with Gasteiger partial charge in [0.15, 0.2) is 5.78 Å². The summed E-state index contributed by atoms with van der Waals surface area (Å²) in [4.78, 5) is 27.1. The second kappa shape index (κ2) is 6.93. The van der Waals surface area contributed by atoms with E-state index in [0.717, 1.165) is 17.7 Å². The van der Waals surface area contributed by atoms with Crippen LogP contribution in [0, 0.1) is 0 Å². The molecular weight excluding hydrogens is 367 g/mol. The Morgan fingerprint density at radius 2 is 1.68 bits per heavy atom. The van der Waals surface area contributed by atoms with Crippen LogP contribution in [0.2, 0.25) is 0 Å². The summed E-state index contributed by atoms with van der Waals surface area (Å²) in [5.41, 5.74) is 1.33. The lowest BCUT2D eigenvalue weighted by Crippen LogP contribution is -2.40. The zero-order valence-corrected chi connectivity index (χ0v) is 15.0. The van der Waals surface area contributed by atoms with Crippen LogP contribution in [-0.2, 0) is 15.8 Å². The molecule has 28 heavy (non-hydrogen) atoms. The lowest BCUT2D eigenvalue weighted by atomic mass is 9.77. The van der Waals surface area contributed by atoms with Crippen LogP contribution in [0.5, 0.6) is 0 Å². The number of nitrogens with zero attached hydrogens (tertiary/aromatic N) is 1. The molecule has 4 rings (SSSR count). The van der Waals surface area contributed by atoms with Gasteiger partial charge < -0.3 is 0 Å². The summed E-state index contributed by atoms with van der Waals surface area (Å²) >= 11 is 0. The van der Waals surface area contributed by atoms with Crippen molar-refractivity contribution in [2.75, 3.05) is 4.90 Å². The smallest absolute Gasteiger partial charge is 0.294 e. The van der Waals surface area contributed by atoms with E-state index in [1.54, 1.807) is 0 Å². The van der Waals surface area contributed by atoms with E-state index in [0.29, 0.717) is 30.5 Å². The van der Waals surface area contributed by atoms with Crippen molar-refractivity contribution in [3.63, 3.8) is 0 Å². The third kappa shape index (κ3) is 3.23. The van der Waals surface area contributed by atoms with Gasteiger partial charge in [0.2, 0.25) is 5.91 Å². The normalized spacial score (nSPS) is 20.4. The number of hydrogen-bond donors (Lipinski definition) is 0. The molecule has 0 saturated carbocycles. The Balaban J connectivity index is 1.85. The SMILES string of the molecule is O=C1CCCC2=C1[C@@H](c1ccccc1)CC(=O)N2c1cccc(C(F)(F)F)c1. The Kier molecular flexibility index (Phi) is 4.57. The van der Waals surface area contributed by atoms with Crippen molar-refractivity contribution in [3.05, 3.63) is 77.0 Å². The van der Waals surface area contributed by atoms with E-state index in [-0.39, 0.29) is 29.7 Å². The van der Waals surface area contributed by atoms with Crippen LogP contribution in [-0.4, -0.2) is 11.7 Å². The van der Waals surface area contributed by atoms with Crippen molar-refractivity contribution in [1.29, 1.82) is 0 Å². The fourth-order valence-electron chi connectivity index (χ4n) is 4.08. The third-order valence-corrected chi connectivity index (χ3v) is 5.31. The molecule has 2 aromatic rings. The summed E-state index contributed by atoms with van der Waals surface area (Å²) in [5, 5.41) is 0. The molecule has 2 aliphatic rings. The molecule has 0 fully saturated rings. The summed E-state index contributed by atoms with van der Waals surface area (Å²) in [7, 11) is 0. The van der Waals surface area contributed by atoms with Crippen molar-refractivity contribution in [1.82, 2.24) is 0 Å². The number of alkyl halides is 3. The van der Waals surface area contributed by atoms with Gasteiger partial charge in [-0.25, -0.2) is 0 Å². The molecule has 0 N–H and O–H groups in total. The Morgan fingerprint density at radius 1 is 0.929 bits per heavy atom. The number of Topliss-reactive ketones (excluding diaryl/α,β-unsaturated/α-hetero) is 1. The molecule has 0 spiro atoms. The molecule has 2 aromatic carbocycles. The van der Waals surface area contributed by atoms with Crippen LogP contribution in [0.1, 0.15) is 42.7 Å². The van der Waals surface area contributed by atoms with E-state index < -0.39 is 11.7 Å². The topological polar surface area (TPSA) is 37.4 Å². The highest BCUT2D eigenvalue weighted by Gasteiger charge is 2.40. The molecule has 1 heterocycles. The van der Waals surface area contributed by atoms with Gasteiger partial charge in [-0.1, -0.05) is 36.4 Å². The number of amides is 1. The lowest BCUT2D eigenvalue weighted by Gasteiger charge is -2.38. The van der Waals surface area contributed by atoms with Crippen molar-refractivity contribution in [2.45, 2.75) is 37.8 Å². The highest BCUT2D eigenvalue weighted by Crippen LogP contribution is 2.44. The minimum atomic E-state index is -4.50. The summed E-state index contributed by atoms with van der Waals surface area (Å²) in [6.45, 7) is 0. The van der Waals surface area contributed by atoms with Crippen molar-refractivity contribution in [3.8, 4) is 0 Å². The molecule has 1 amide bonds. The maximum Gasteiger partial charge on any atom is 0.416 e. The number of carbonyl (C=O) groups is 2. The third-order valence-electron chi connectivity index (χ3n) is 5.31. The minimum Gasteiger partial charge on any atom is -0.294 e. The highest BCUT2D eigenvalue weighted by molar-refractivity contribution is 6.07. The fraction of sp³-hybridized carbons (Fsp3) is 0.273. The number of allylic oxidation sites excluding steroid dienone is 2. The van der Waals surface area contributed by atoms with Gasteiger partial charge in [0.1, 0.15) is 0 Å². The maximum absolute atomic E-state index is 13.1. The van der Waals surface area contributed by atoms with Gasteiger partial charge in [-0.15, -0.1) is 0 Å². The summed E-state index contributed by atoms with van der Waals surface area (Å²) in [6.07, 6.45) is -2.97. The van der Waals surface area contributed by atoms with Gasteiger partial charge >= 0.3 is 6.18 Å². The van der Waals surface area contributed by atoms with E-state index in [9.17, 15) is 22.8 Å². The quantitative estimate of drug-likeness (QED) is 0.710. The predicted octanol–water partition coefficient (Wildman–Crippen LogP) is 5.23. The number of ketones is 1. The van der Waals surface area contributed by atoms with Crippen LogP contribution < -0.4 is 4.90 Å². The first kappa shape index (κ1) is 18.5. The van der Waals surface area contributed by atoms with Gasteiger partial charge in [-0.2, -0.15) is 13.2 Å². The molecule has 0 radical (unpaired) electrons. The predicted molar refractivity (Wildman–Crippen MR) is 98.6 cm³/mol. The van der Waals surface area contributed by atoms with Gasteiger partial charge in [0.05, 0.1) is 5.56 Å². The Morgan fingerprint density at radius 3 is 2.39 bits per heavy atom. The van der Waals surface area contributed by atoms with Crippen molar-refractivity contribution < 1.29 is 22.8 Å². The first-order chi connectivity index (χ1) is 13.4. The standard InChI is InChI=1S/C22H18F3NO2/c23-22(24,25)15-8-4-9-16(12-15)26-18-10-5-11-19(27)21(18)17(13-20(26)28)14-6-2-1-3-7-14/h1-4,6-9,12,17H,5,10-11,13H2/t17-/m1/s1. The van der Waals surface area contributed by atoms with E-state index in [4.69, 9.17) is 0 Å². The average Bonchev–Trinajstić information content (AvgIpc) is 2.67. The molecule has 0 bridgehead atoms. The van der Waals surface area contributed by atoms with Gasteiger partial charge in [0.25, 0.3) is 0 Å². The Labute approximate surface area is 160 Å². The number of hydrogen-bond acceptors (Lipinski definition) is 2. The van der Waals surface area contributed by atoms with E-state index >= 15 is 0 Å². The average molecular weight is 385 g/mol. The molecule has 0 saturated heterocycles. The number of anilines is 1. The first-order valence-corrected chi connectivity index (χ1v) is 9.17. The minimum absolute atomic E-state index is 0.0282. The maximum atomic E-state index is 13.1. The first-order valence-electron chi connectivity index (χ1n) is 9.17. The molecule has 0 unspecified atom stereocenters. The van der Waals surface area contributed by atoms with Gasteiger partial charge in [0, 0.05) is 35.7 Å². The zero-order chi connectivity index (χ0) is 19.9. The van der Waals surface area contributed by atoms with E-state index in [1.807, 2.05) is 30.3 Å². The number of rotatable bonds is 2. The van der Waals surface area contributed by atoms with Crippen LogP contribution in [0.4, 0.5) is 18.9 Å². The lowest BCUT2D eigenvalue weighted by molar-refractivity contribution is -0.137. The van der Waals surface area contributed by atoms with Gasteiger partial charge in [-0.3, -0.25) is 14.5 Å². The molecule has 3 nitrogen and oxygen atoms in total. The second-order valence-corrected chi connectivity index (χ2v) is 7.08. The van der Waals surface area contributed by atoms with Crippen molar-refractivity contribution in [2.24, 2.45) is 0 Å². The summed E-state index contributed by atoms with van der Waals surface area (Å²) in [6, 6.07) is 14.1. The van der Waals surface area contributed by atoms with Crippen LogP contribution in [0.25, 0.3) is 0 Å². The zero-order valence-electron chi connectivity index (χ0n) is 15.0. The highest BCUT2D eigenvalue weighted by atomic mass is 19.4. The molecular formula is C22H18F3NO2. The number of carbonyl (C=O) groups excluding carboxylic acids is 2. The van der Waals surface area contributed by atoms with Crippen molar-refractivity contribution >= 4 is 17.4 Å². The summed E-state index contributed by atoms with van der Waals surface area (Å²) in [5.74, 6) is -0.667. The van der Waals surface area contributed by atoms with E-state index in [2.05, 4.69) is 0 Å². The molecule has 6 heteroatoms. The molecule has 144 valence electrons. The summed E-state index contributed by atoms with van der Waals surface area (Å²) < 4.78 is 39.4. The van der Waals surface area contributed by atoms with Crippen LogP contribution >= 0.6 is 0 Å². The molecule has 1 aliphatic heterocycles. The number of benzene rings is 2. The molecule has 0 aromatic heterocycles. The van der Waals surface area contributed by atoms with Crippen LogP contribution in [0.3, 0.4) is 0 Å². The van der Waals surface area contributed by atoms with Crippen LogP contribution in [0.15, 0.2) is 65.9 Å². The molecule has 1 atom stereocenters. The largest absolute Gasteiger partial charge is 0.416 e.